The van der Waals surface area contributed by atoms with E-state index in [4.69, 9.17) is 16.3 Å². The largest absolute Gasteiger partial charge is 0.379 e. The van der Waals surface area contributed by atoms with Gasteiger partial charge in [0.2, 0.25) is 0 Å². The first-order valence-electron chi connectivity index (χ1n) is 12.4. The Hall–Kier alpha value is -0.220. The Morgan fingerprint density at radius 2 is 1.70 bits per heavy atom. The summed E-state index contributed by atoms with van der Waals surface area (Å²) in [5.41, 5.74) is 1.32. The standard InChI is InChI=1S/C24H37BrClN3O3S/c25-24-6-3-22(26)18-21(24)17-20-8-11-28(12-9-20)10-7-19-1-4-23(5-2-19)27-33(30,31)29-13-15-32-16-14-29/h3,6,18-20,23,27H,1-2,4-5,7-17H2. The van der Waals surface area contributed by atoms with E-state index in [1.165, 1.54) is 48.8 Å². The average Bonchev–Trinajstić information content (AvgIpc) is 2.82. The van der Waals surface area contributed by atoms with Crippen LogP contribution in [-0.2, 0) is 21.4 Å². The van der Waals surface area contributed by atoms with E-state index in [1.807, 2.05) is 6.07 Å². The number of ether oxygens (including phenoxy) is 1. The molecule has 2 aliphatic heterocycles. The summed E-state index contributed by atoms with van der Waals surface area (Å²) in [6, 6.07) is 6.16. The van der Waals surface area contributed by atoms with Crippen LogP contribution in [0, 0.1) is 11.8 Å². The van der Waals surface area contributed by atoms with Crippen molar-refractivity contribution in [1.82, 2.24) is 13.9 Å². The molecule has 186 valence electrons. The van der Waals surface area contributed by atoms with Gasteiger partial charge in [-0.2, -0.15) is 17.4 Å². The van der Waals surface area contributed by atoms with Gasteiger partial charge in [0.05, 0.1) is 13.2 Å². The van der Waals surface area contributed by atoms with Gasteiger partial charge < -0.3 is 9.64 Å². The normalized spacial score (nSPS) is 26.5. The molecule has 1 aromatic rings. The Morgan fingerprint density at radius 3 is 2.39 bits per heavy atom. The van der Waals surface area contributed by atoms with E-state index in [1.54, 1.807) is 0 Å². The molecule has 3 aliphatic rings. The maximum atomic E-state index is 12.6. The third-order valence-electron chi connectivity index (χ3n) is 7.55. The van der Waals surface area contributed by atoms with Crippen LogP contribution in [0.3, 0.4) is 0 Å². The SMILES string of the molecule is O=S(=O)(NC1CCC(CCN2CCC(Cc3cc(Cl)ccc3Br)CC2)CC1)N1CCOCC1. The first-order valence-corrected chi connectivity index (χ1v) is 15.0. The van der Waals surface area contributed by atoms with Crippen molar-refractivity contribution >= 4 is 37.7 Å². The van der Waals surface area contributed by atoms with Gasteiger partial charge in [0.25, 0.3) is 10.2 Å². The monoisotopic (exact) mass is 561 g/mol. The smallest absolute Gasteiger partial charge is 0.279 e. The predicted octanol–water partition coefficient (Wildman–Crippen LogP) is 4.47. The van der Waals surface area contributed by atoms with E-state index in [-0.39, 0.29) is 6.04 Å². The third-order valence-corrected chi connectivity index (χ3v) is 10.2. The maximum Gasteiger partial charge on any atom is 0.279 e. The lowest BCUT2D eigenvalue weighted by atomic mass is 9.84. The van der Waals surface area contributed by atoms with Crippen molar-refractivity contribution in [3.05, 3.63) is 33.3 Å². The van der Waals surface area contributed by atoms with Gasteiger partial charge in [-0.25, -0.2) is 0 Å². The minimum atomic E-state index is -3.38. The second kappa shape index (κ2) is 12.2. The number of hydrogen-bond donors (Lipinski definition) is 1. The van der Waals surface area contributed by atoms with E-state index in [0.29, 0.717) is 32.2 Å². The fourth-order valence-corrected chi connectivity index (χ4v) is 7.47. The molecular formula is C24H37BrClN3O3S. The van der Waals surface area contributed by atoms with Crippen molar-refractivity contribution in [2.24, 2.45) is 11.8 Å². The zero-order chi connectivity index (χ0) is 23.3. The second-order valence-corrected chi connectivity index (χ2v) is 12.9. The highest BCUT2D eigenvalue weighted by Gasteiger charge is 2.30. The third kappa shape index (κ3) is 7.63. The van der Waals surface area contributed by atoms with Gasteiger partial charge in [-0.15, -0.1) is 0 Å². The lowest BCUT2D eigenvalue weighted by molar-refractivity contribution is 0.0721. The first kappa shape index (κ1) is 25.9. The molecular weight excluding hydrogens is 526 g/mol. The summed E-state index contributed by atoms with van der Waals surface area (Å²) in [6.45, 7) is 5.42. The molecule has 4 rings (SSSR count). The molecule has 0 amide bonds. The summed E-state index contributed by atoms with van der Waals surface area (Å²) in [6.07, 6.45) is 8.96. The number of nitrogens with one attached hydrogen (secondary N) is 1. The predicted molar refractivity (Wildman–Crippen MR) is 137 cm³/mol. The van der Waals surface area contributed by atoms with E-state index in [9.17, 15) is 8.42 Å². The highest BCUT2D eigenvalue weighted by Crippen LogP contribution is 2.30. The topological polar surface area (TPSA) is 61.9 Å². The van der Waals surface area contributed by atoms with Crippen molar-refractivity contribution < 1.29 is 13.2 Å². The van der Waals surface area contributed by atoms with Gasteiger partial charge >= 0.3 is 0 Å². The van der Waals surface area contributed by atoms with Crippen molar-refractivity contribution in [3.63, 3.8) is 0 Å². The molecule has 0 radical (unpaired) electrons. The summed E-state index contributed by atoms with van der Waals surface area (Å²) in [7, 11) is -3.38. The molecule has 0 atom stereocenters. The van der Waals surface area contributed by atoms with Crippen LogP contribution in [0.4, 0.5) is 0 Å². The lowest BCUT2D eigenvalue weighted by Crippen LogP contribution is -2.50. The van der Waals surface area contributed by atoms with Crippen LogP contribution in [-0.4, -0.2) is 69.6 Å². The van der Waals surface area contributed by atoms with Gasteiger partial charge in [-0.05, 0) is 107 Å². The van der Waals surface area contributed by atoms with Gasteiger partial charge in [0, 0.05) is 28.6 Å². The number of piperidine rings is 1. The van der Waals surface area contributed by atoms with Crippen LogP contribution in [0.15, 0.2) is 22.7 Å². The summed E-state index contributed by atoms with van der Waals surface area (Å²) in [5, 5.41) is 0.814. The number of halogens is 2. The Bertz CT molecular complexity index is 866. The number of benzene rings is 1. The van der Waals surface area contributed by atoms with Crippen molar-refractivity contribution in [1.29, 1.82) is 0 Å². The van der Waals surface area contributed by atoms with E-state index in [2.05, 4.69) is 37.7 Å². The second-order valence-electron chi connectivity index (χ2n) is 9.87. The van der Waals surface area contributed by atoms with Crippen LogP contribution in [0.5, 0.6) is 0 Å². The minimum Gasteiger partial charge on any atom is -0.379 e. The molecule has 3 fully saturated rings. The molecule has 33 heavy (non-hydrogen) atoms. The molecule has 0 aromatic heterocycles. The molecule has 1 aliphatic carbocycles. The molecule has 1 aromatic carbocycles. The molecule has 1 saturated carbocycles. The summed E-state index contributed by atoms with van der Waals surface area (Å²) >= 11 is 9.84. The number of morpholine rings is 1. The fraction of sp³-hybridized carbons (Fsp3) is 0.750. The molecule has 1 N–H and O–H groups in total. The van der Waals surface area contributed by atoms with E-state index < -0.39 is 10.2 Å². The summed E-state index contributed by atoms with van der Waals surface area (Å²) in [4.78, 5) is 2.62. The van der Waals surface area contributed by atoms with Crippen LogP contribution < -0.4 is 4.72 Å². The zero-order valence-corrected chi connectivity index (χ0v) is 22.5. The number of nitrogens with zero attached hydrogens (tertiary/aromatic N) is 2. The number of rotatable bonds is 8. The van der Waals surface area contributed by atoms with E-state index >= 15 is 0 Å². The molecule has 2 heterocycles. The fourth-order valence-electron chi connectivity index (χ4n) is 5.43. The first-order chi connectivity index (χ1) is 15.9. The Morgan fingerprint density at radius 1 is 1.00 bits per heavy atom. The van der Waals surface area contributed by atoms with Crippen LogP contribution in [0.1, 0.15) is 50.5 Å². The Labute approximate surface area is 212 Å². The molecule has 9 heteroatoms. The number of likely N-dealkylation sites (tertiary alicyclic amines) is 1. The van der Waals surface area contributed by atoms with Crippen LogP contribution >= 0.6 is 27.5 Å². The van der Waals surface area contributed by atoms with Gasteiger partial charge in [-0.1, -0.05) is 27.5 Å². The quantitative estimate of drug-likeness (QED) is 0.508. The zero-order valence-electron chi connectivity index (χ0n) is 19.4. The van der Waals surface area contributed by atoms with Crippen LogP contribution in [0.2, 0.25) is 5.02 Å². The Balaban J connectivity index is 1.13. The molecule has 0 bridgehead atoms. The highest BCUT2D eigenvalue weighted by atomic mass is 79.9. The minimum absolute atomic E-state index is 0.0793. The van der Waals surface area contributed by atoms with Crippen LogP contribution in [0.25, 0.3) is 0 Å². The lowest BCUT2D eigenvalue weighted by Gasteiger charge is -2.35. The summed E-state index contributed by atoms with van der Waals surface area (Å²) in [5.74, 6) is 1.44. The van der Waals surface area contributed by atoms with E-state index in [0.717, 1.165) is 47.5 Å². The van der Waals surface area contributed by atoms with Gasteiger partial charge in [0.15, 0.2) is 0 Å². The Kier molecular flexibility index (Phi) is 9.52. The molecule has 0 spiro atoms. The molecule has 0 unspecified atom stereocenters. The van der Waals surface area contributed by atoms with Crippen molar-refractivity contribution in [2.45, 2.75) is 57.4 Å². The summed E-state index contributed by atoms with van der Waals surface area (Å²) < 4.78 is 36.1. The molecule has 6 nitrogen and oxygen atoms in total. The van der Waals surface area contributed by atoms with Gasteiger partial charge in [-0.3, -0.25) is 0 Å². The number of hydrogen-bond acceptors (Lipinski definition) is 4. The maximum absolute atomic E-state index is 12.6. The van der Waals surface area contributed by atoms with Crippen molar-refractivity contribution in [3.8, 4) is 0 Å². The highest BCUT2D eigenvalue weighted by molar-refractivity contribution is 9.10. The van der Waals surface area contributed by atoms with Gasteiger partial charge in [0.1, 0.15) is 0 Å². The average molecular weight is 563 g/mol. The van der Waals surface area contributed by atoms with Crippen molar-refractivity contribution in [2.75, 3.05) is 45.9 Å². The molecule has 2 saturated heterocycles.